The number of aromatic nitrogens is 1. The van der Waals surface area contributed by atoms with Crippen molar-refractivity contribution in [3.05, 3.63) is 42.6 Å². The van der Waals surface area contributed by atoms with Crippen molar-refractivity contribution in [2.24, 2.45) is 5.84 Å². The minimum absolute atomic E-state index is 0.132. The molecule has 0 bridgehead atoms. The molecule has 106 valence electrons. The van der Waals surface area contributed by atoms with Gasteiger partial charge in [0.05, 0.1) is 17.7 Å². The molecule has 0 fully saturated rings. The Morgan fingerprint density at radius 2 is 1.85 bits per heavy atom. The van der Waals surface area contributed by atoms with Crippen LogP contribution in [0.15, 0.2) is 47.5 Å². The van der Waals surface area contributed by atoms with E-state index in [2.05, 4.69) is 15.1 Å². The summed E-state index contributed by atoms with van der Waals surface area (Å²) >= 11 is 0. The number of anilines is 2. The van der Waals surface area contributed by atoms with E-state index in [1.54, 1.807) is 12.1 Å². The van der Waals surface area contributed by atoms with Crippen LogP contribution < -0.4 is 20.7 Å². The largest absolute Gasteiger partial charge is 0.481 e. The van der Waals surface area contributed by atoms with Gasteiger partial charge in [-0.1, -0.05) is 0 Å². The summed E-state index contributed by atoms with van der Waals surface area (Å²) in [5.41, 5.74) is 3.42. The molecule has 0 amide bonds. The topological polar surface area (TPSA) is 106 Å². The molecule has 0 saturated carbocycles. The first-order valence-corrected chi connectivity index (χ1v) is 7.13. The number of nitrogens with one attached hydrogen (secondary N) is 2. The highest BCUT2D eigenvalue weighted by Crippen LogP contribution is 2.19. The van der Waals surface area contributed by atoms with Crippen molar-refractivity contribution in [1.29, 1.82) is 0 Å². The zero-order valence-corrected chi connectivity index (χ0v) is 11.5. The molecule has 1 aromatic heterocycles. The van der Waals surface area contributed by atoms with Gasteiger partial charge < -0.3 is 10.2 Å². The molecule has 0 unspecified atom stereocenters. The van der Waals surface area contributed by atoms with Crippen LogP contribution in [0.2, 0.25) is 0 Å². The normalized spacial score (nSPS) is 10.9. The number of sulfonamides is 1. The Hall–Kier alpha value is -2.32. The number of methoxy groups -OCH3 is 1. The Morgan fingerprint density at radius 3 is 2.45 bits per heavy atom. The van der Waals surface area contributed by atoms with Crippen LogP contribution in [-0.2, 0) is 10.0 Å². The number of hydrogen-bond acceptors (Lipinski definition) is 6. The van der Waals surface area contributed by atoms with Gasteiger partial charge in [0.2, 0.25) is 5.88 Å². The number of nitrogen functional groups attached to an aromatic ring is 1. The predicted molar refractivity (Wildman–Crippen MR) is 75.8 cm³/mol. The van der Waals surface area contributed by atoms with Gasteiger partial charge >= 0.3 is 0 Å². The van der Waals surface area contributed by atoms with E-state index in [-0.39, 0.29) is 4.90 Å². The van der Waals surface area contributed by atoms with Crippen molar-refractivity contribution in [2.75, 3.05) is 17.3 Å². The summed E-state index contributed by atoms with van der Waals surface area (Å²) in [6, 6.07) is 9.08. The maximum absolute atomic E-state index is 12.2. The summed E-state index contributed by atoms with van der Waals surface area (Å²) in [7, 11) is -2.21. The highest BCUT2D eigenvalue weighted by atomic mass is 32.2. The second kappa shape index (κ2) is 5.76. The van der Waals surface area contributed by atoms with Crippen LogP contribution in [0.3, 0.4) is 0 Å². The van der Waals surface area contributed by atoms with Crippen molar-refractivity contribution < 1.29 is 13.2 Å². The van der Waals surface area contributed by atoms with Gasteiger partial charge in [-0.25, -0.2) is 13.4 Å². The fraction of sp³-hybridized carbons (Fsp3) is 0.0833. The number of nitrogens with two attached hydrogens (primary N) is 1. The molecule has 0 aliphatic carbocycles. The first kappa shape index (κ1) is 14.1. The molecule has 4 N–H and O–H groups in total. The summed E-state index contributed by atoms with van der Waals surface area (Å²) in [4.78, 5) is 4.04. The first-order valence-electron chi connectivity index (χ1n) is 5.65. The van der Waals surface area contributed by atoms with Crippen LogP contribution in [0, 0.1) is 0 Å². The van der Waals surface area contributed by atoms with Crippen molar-refractivity contribution in [2.45, 2.75) is 4.90 Å². The second-order valence-corrected chi connectivity index (χ2v) is 5.54. The molecule has 0 atom stereocenters. The van der Waals surface area contributed by atoms with Gasteiger partial charge in [0.25, 0.3) is 10.0 Å². The van der Waals surface area contributed by atoms with Crippen LogP contribution in [-0.4, -0.2) is 20.5 Å². The molecular formula is C12H14N4O3S. The van der Waals surface area contributed by atoms with Crippen molar-refractivity contribution in [3.8, 4) is 5.88 Å². The minimum atomic E-state index is -3.67. The number of ether oxygens (including phenoxy) is 1. The number of hydrazine groups is 1. The average molecular weight is 294 g/mol. The van der Waals surface area contributed by atoms with Gasteiger partial charge in [0.15, 0.2) is 0 Å². The molecule has 2 aromatic rings. The summed E-state index contributed by atoms with van der Waals surface area (Å²) in [6.45, 7) is 0. The third-order valence-electron chi connectivity index (χ3n) is 2.53. The molecular weight excluding hydrogens is 280 g/mol. The van der Waals surface area contributed by atoms with E-state index in [4.69, 9.17) is 10.6 Å². The van der Waals surface area contributed by atoms with Crippen LogP contribution in [0.25, 0.3) is 0 Å². The molecule has 2 rings (SSSR count). The van der Waals surface area contributed by atoms with Gasteiger partial charge in [-0.15, -0.1) is 0 Å². The third kappa shape index (κ3) is 3.16. The Kier molecular flexibility index (Phi) is 4.06. The standard InChI is InChI=1S/C12H14N4O3S/c1-19-12-8-10(6-7-14-12)16-20(17,18)11-4-2-9(15-13)3-5-11/h2-8,15H,13H2,1H3,(H,14,16). The van der Waals surface area contributed by atoms with Crippen LogP contribution in [0.5, 0.6) is 5.88 Å². The van der Waals surface area contributed by atoms with Gasteiger partial charge in [-0.05, 0) is 30.3 Å². The molecule has 0 saturated heterocycles. The van der Waals surface area contributed by atoms with Gasteiger partial charge in [-0.2, -0.15) is 0 Å². The maximum Gasteiger partial charge on any atom is 0.261 e. The molecule has 7 nitrogen and oxygen atoms in total. The monoisotopic (exact) mass is 294 g/mol. The van der Waals surface area contributed by atoms with Crippen LogP contribution in [0.1, 0.15) is 0 Å². The summed E-state index contributed by atoms with van der Waals surface area (Å²) in [5, 5.41) is 0. The van der Waals surface area contributed by atoms with Gasteiger partial charge in [0, 0.05) is 18.0 Å². The fourth-order valence-electron chi connectivity index (χ4n) is 1.53. The SMILES string of the molecule is COc1cc(NS(=O)(=O)c2ccc(NN)cc2)ccn1. The highest BCUT2D eigenvalue weighted by Gasteiger charge is 2.14. The first-order chi connectivity index (χ1) is 9.55. The highest BCUT2D eigenvalue weighted by molar-refractivity contribution is 7.92. The molecule has 1 heterocycles. The summed E-state index contributed by atoms with van der Waals surface area (Å²) in [6.07, 6.45) is 1.46. The lowest BCUT2D eigenvalue weighted by molar-refractivity contribution is 0.398. The smallest absolute Gasteiger partial charge is 0.261 e. The van der Waals surface area contributed by atoms with E-state index >= 15 is 0 Å². The predicted octanol–water partition coefficient (Wildman–Crippen LogP) is 1.18. The zero-order chi connectivity index (χ0) is 14.6. The zero-order valence-electron chi connectivity index (χ0n) is 10.7. The average Bonchev–Trinajstić information content (AvgIpc) is 2.47. The van der Waals surface area contributed by atoms with E-state index in [0.717, 1.165) is 0 Å². The lowest BCUT2D eigenvalue weighted by Gasteiger charge is -2.09. The van der Waals surface area contributed by atoms with Crippen molar-refractivity contribution in [3.63, 3.8) is 0 Å². The van der Waals surface area contributed by atoms with E-state index in [1.807, 2.05) is 0 Å². The molecule has 20 heavy (non-hydrogen) atoms. The van der Waals surface area contributed by atoms with E-state index < -0.39 is 10.0 Å². The van der Waals surface area contributed by atoms with Crippen LogP contribution >= 0.6 is 0 Å². The van der Waals surface area contributed by atoms with Crippen molar-refractivity contribution in [1.82, 2.24) is 4.98 Å². The van der Waals surface area contributed by atoms with E-state index in [0.29, 0.717) is 17.3 Å². The summed E-state index contributed by atoms with van der Waals surface area (Å²) < 4.78 is 31.7. The number of rotatable bonds is 5. The number of benzene rings is 1. The van der Waals surface area contributed by atoms with Crippen LogP contribution in [0.4, 0.5) is 11.4 Å². The minimum Gasteiger partial charge on any atom is -0.481 e. The molecule has 1 aromatic carbocycles. The molecule has 0 aliphatic rings. The molecule has 0 spiro atoms. The maximum atomic E-state index is 12.2. The molecule has 8 heteroatoms. The fourth-order valence-corrected chi connectivity index (χ4v) is 2.58. The Bertz CT molecular complexity index is 686. The van der Waals surface area contributed by atoms with E-state index in [9.17, 15) is 8.42 Å². The van der Waals surface area contributed by atoms with Crippen molar-refractivity contribution >= 4 is 21.4 Å². The Balaban J connectivity index is 2.25. The lowest BCUT2D eigenvalue weighted by atomic mass is 10.3. The third-order valence-corrected chi connectivity index (χ3v) is 3.92. The lowest BCUT2D eigenvalue weighted by Crippen LogP contribution is -2.13. The van der Waals surface area contributed by atoms with Gasteiger partial charge in [-0.3, -0.25) is 10.6 Å². The number of nitrogens with zero attached hydrogens (tertiary/aromatic N) is 1. The Labute approximate surface area is 116 Å². The van der Waals surface area contributed by atoms with Gasteiger partial charge in [0.1, 0.15) is 0 Å². The number of hydrogen-bond donors (Lipinski definition) is 3. The quantitative estimate of drug-likeness (QED) is 0.564. The number of pyridine rings is 1. The van der Waals surface area contributed by atoms with E-state index in [1.165, 1.54) is 37.6 Å². The second-order valence-electron chi connectivity index (χ2n) is 3.86. The Morgan fingerprint density at radius 1 is 1.15 bits per heavy atom. The molecule has 0 aliphatic heterocycles. The molecule has 0 radical (unpaired) electrons. The summed E-state index contributed by atoms with van der Waals surface area (Å²) in [5.74, 6) is 5.56.